The van der Waals surface area contributed by atoms with Crippen molar-refractivity contribution >= 4 is 40.8 Å². The summed E-state index contributed by atoms with van der Waals surface area (Å²) in [7, 11) is 0. The van der Waals surface area contributed by atoms with Gasteiger partial charge in [0.05, 0.1) is 18.6 Å². The molecule has 0 aliphatic carbocycles. The molecule has 1 amide bonds. The van der Waals surface area contributed by atoms with Gasteiger partial charge in [0.15, 0.2) is 11.6 Å². The maximum atomic E-state index is 14.9. The van der Waals surface area contributed by atoms with Gasteiger partial charge in [-0.2, -0.15) is 0 Å². The van der Waals surface area contributed by atoms with E-state index in [0.29, 0.717) is 39.8 Å². The highest BCUT2D eigenvalue weighted by molar-refractivity contribution is 6.30. The van der Waals surface area contributed by atoms with E-state index in [1.165, 1.54) is 0 Å². The van der Waals surface area contributed by atoms with Gasteiger partial charge in [0.1, 0.15) is 17.2 Å². The zero-order valence-electron chi connectivity index (χ0n) is 23.5. The third-order valence-electron chi connectivity index (χ3n) is 8.86. The van der Waals surface area contributed by atoms with Crippen LogP contribution in [0.25, 0.3) is 6.08 Å². The molecule has 0 radical (unpaired) electrons. The normalized spacial score (nSPS) is 23.0. The van der Waals surface area contributed by atoms with Gasteiger partial charge in [-0.15, -0.1) is 0 Å². The van der Waals surface area contributed by atoms with E-state index in [2.05, 4.69) is 5.32 Å². The lowest BCUT2D eigenvalue weighted by Crippen LogP contribution is -2.49. The monoisotopic (exact) mass is 588 g/mol. The largest absolute Gasteiger partial charge is 0.494 e. The Morgan fingerprint density at radius 1 is 0.884 bits per heavy atom. The Morgan fingerprint density at radius 3 is 2.33 bits per heavy atom. The number of carbonyl (C=O) groups excluding carboxylic acids is 3. The molecule has 7 heteroatoms. The first-order chi connectivity index (χ1) is 20.9. The van der Waals surface area contributed by atoms with E-state index in [9.17, 15) is 14.4 Å². The Labute approximate surface area is 254 Å². The first-order valence-corrected chi connectivity index (χ1v) is 14.8. The van der Waals surface area contributed by atoms with Gasteiger partial charge in [-0.05, 0) is 83.8 Å². The molecule has 4 aromatic carbocycles. The van der Waals surface area contributed by atoms with E-state index < -0.39 is 23.4 Å². The smallest absolute Gasteiger partial charge is 0.238 e. The summed E-state index contributed by atoms with van der Waals surface area (Å²) in [5.41, 5.74) is 2.67. The number of Topliss-reactive ketones (excluding diaryl/α,β-unsaturated/α-hetero) is 2. The van der Waals surface area contributed by atoms with Crippen LogP contribution in [-0.2, 0) is 10.2 Å². The molecule has 3 aliphatic heterocycles. The summed E-state index contributed by atoms with van der Waals surface area (Å²) in [6.45, 7) is 2.59. The number of hydrogen-bond acceptors (Lipinski definition) is 5. The second-order valence-electron chi connectivity index (χ2n) is 11.2. The van der Waals surface area contributed by atoms with Gasteiger partial charge in [0, 0.05) is 28.0 Å². The third kappa shape index (κ3) is 4.12. The molecule has 0 unspecified atom stereocenters. The van der Waals surface area contributed by atoms with Crippen LogP contribution in [0.4, 0.5) is 5.69 Å². The van der Waals surface area contributed by atoms with Crippen LogP contribution in [0.3, 0.4) is 0 Å². The molecule has 214 valence electrons. The fourth-order valence-electron chi connectivity index (χ4n) is 7.07. The fourth-order valence-corrected chi connectivity index (χ4v) is 7.19. The molecule has 0 bridgehead atoms. The zero-order chi connectivity index (χ0) is 29.7. The van der Waals surface area contributed by atoms with E-state index >= 15 is 0 Å². The highest BCUT2D eigenvalue weighted by Crippen LogP contribution is 2.62. The predicted octanol–water partition coefficient (Wildman–Crippen LogP) is 7.11. The lowest BCUT2D eigenvalue weighted by Gasteiger charge is -2.38. The van der Waals surface area contributed by atoms with Crippen LogP contribution in [0.1, 0.15) is 56.8 Å². The maximum absolute atomic E-state index is 14.9. The zero-order valence-corrected chi connectivity index (χ0v) is 24.3. The number of nitrogens with zero attached hydrogens (tertiary/aromatic N) is 1. The van der Waals surface area contributed by atoms with E-state index in [-0.39, 0.29) is 17.5 Å². The SMILES string of the molecule is CCCOc1ccc(C(=O)[C@@H]2[C@H](C(=O)c3ccc(Cl)cc3)N3C=Cc4ccccc4[C@@H]3[C@]23C(=O)Nc2ccccc23)cc1. The minimum atomic E-state index is -1.38. The Hall–Kier alpha value is -4.68. The van der Waals surface area contributed by atoms with Crippen LogP contribution in [0, 0.1) is 5.92 Å². The van der Waals surface area contributed by atoms with E-state index in [1.807, 2.05) is 72.6 Å². The summed E-state index contributed by atoms with van der Waals surface area (Å²) in [4.78, 5) is 45.9. The average Bonchev–Trinajstić information content (AvgIpc) is 3.52. The molecule has 4 atom stereocenters. The van der Waals surface area contributed by atoms with Crippen LogP contribution < -0.4 is 10.1 Å². The number of ketones is 2. The van der Waals surface area contributed by atoms with E-state index in [1.54, 1.807) is 48.5 Å². The first-order valence-electron chi connectivity index (χ1n) is 14.5. The van der Waals surface area contributed by atoms with Crippen molar-refractivity contribution in [2.45, 2.75) is 30.8 Å². The molecule has 43 heavy (non-hydrogen) atoms. The summed E-state index contributed by atoms with van der Waals surface area (Å²) < 4.78 is 5.76. The van der Waals surface area contributed by atoms with Gasteiger partial charge in [-0.25, -0.2) is 0 Å². The average molecular weight is 589 g/mol. The number of halogens is 1. The summed E-state index contributed by atoms with van der Waals surface area (Å²) in [6.07, 6.45) is 4.68. The molecule has 4 aromatic rings. The molecule has 1 N–H and O–H groups in total. The highest BCUT2D eigenvalue weighted by atomic mass is 35.5. The predicted molar refractivity (Wildman–Crippen MR) is 166 cm³/mol. The molecule has 1 saturated heterocycles. The van der Waals surface area contributed by atoms with Crippen molar-refractivity contribution in [2.24, 2.45) is 5.92 Å². The summed E-state index contributed by atoms with van der Waals surface area (Å²) >= 11 is 6.17. The number of benzene rings is 4. The Balaban J connectivity index is 1.47. The molecule has 0 aromatic heterocycles. The highest BCUT2D eigenvalue weighted by Gasteiger charge is 2.70. The number of carbonyl (C=O) groups is 3. The quantitative estimate of drug-likeness (QED) is 0.233. The van der Waals surface area contributed by atoms with Crippen molar-refractivity contribution in [3.05, 3.63) is 136 Å². The number of para-hydroxylation sites is 1. The third-order valence-corrected chi connectivity index (χ3v) is 9.11. The Kier molecular flexibility index (Phi) is 6.66. The second kappa shape index (κ2) is 10.5. The van der Waals surface area contributed by atoms with Crippen LogP contribution in [0.2, 0.25) is 5.02 Å². The van der Waals surface area contributed by atoms with Crippen LogP contribution >= 0.6 is 11.6 Å². The topological polar surface area (TPSA) is 75.7 Å². The number of hydrogen-bond donors (Lipinski definition) is 1. The summed E-state index contributed by atoms with van der Waals surface area (Å²) in [5, 5.41) is 3.58. The van der Waals surface area contributed by atoms with Gasteiger partial charge in [-0.1, -0.05) is 61.0 Å². The molecular weight excluding hydrogens is 560 g/mol. The lowest BCUT2D eigenvalue weighted by atomic mass is 9.62. The van der Waals surface area contributed by atoms with Crippen LogP contribution in [0.15, 0.2) is 103 Å². The van der Waals surface area contributed by atoms with Gasteiger partial charge in [0.25, 0.3) is 0 Å². The van der Waals surface area contributed by atoms with Crippen LogP contribution in [-0.4, -0.2) is 35.0 Å². The molecular formula is C36H29ClN2O4. The van der Waals surface area contributed by atoms with E-state index in [4.69, 9.17) is 16.3 Å². The number of nitrogens with one attached hydrogen (secondary N) is 1. The Morgan fingerprint density at radius 2 is 1.56 bits per heavy atom. The fraction of sp³-hybridized carbons (Fsp3) is 0.194. The van der Waals surface area contributed by atoms with Crippen molar-refractivity contribution in [1.82, 2.24) is 4.90 Å². The minimum Gasteiger partial charge on any atom is -0.494 e. The number of anilines is 1. The molecule has 7 rings (SSSR count). The van der Waals surface area contributed by atoms with Crippen molar-refractivity contribution in [1.29, 1.82) is 0 Å². The van der Waals surface area contributed by atoms with Gasteiger partial charge in [-0.3, -0.25) is 14.4 Å². The molecule has 1 fully saturated rings. The minimum absolute atomic E-state index is 0.249. The number of ether oxygens (including phenoxy) is 1. The first kappa shape index (κ1) is 27.2. The van der Waals surface area contributed by atoms with Crippen molar-refractivity contribution in [3.63, 3.8) is 0 Å². The summed E-state index contributed by atoms with van der Waals surface area (Å²) in [5.74, 6) is -1.20. The Bertz CT molecular complexity index is 1780. The number of rotatable bonds is 7. The molecule has 3 aliphatic rings. The lowest BCUT2D eigenvalue weighted by molar-refractivity contribution is -0.122. The number of fused-ring (bicyclic) bond motifs is 6. The standard InChI is InChI=1S/C36H29ClN2O4/c1-2-21-43-26-17-13-23(14-18-26)32(40)30-31(33(41)24-11-15-25(37)16-12-24)39-20-19-22-7-3-4-8-27(22)34(39)36(30)28-9-5-6-10-29(28)38-35(36)42/h3-20,30-31,34H,2,21H2,1H3,(H,38,42)/t30-,31+,34+,36+/m0/s1. The van der Waals surface area contributed by atoms with Crippen molar-refractivity contribution in [2.75, 3.05) is 11.9 Å². The number of amides is 1. The summed E-state index contributed by atoms with van der Waals surface area (Å²) in [6, 6.07) is 27.5. The molecule has 6 nitrogen and oxygen atoms in total. The van der Waals surface area contributed by atoms with Crippen LogP contribution in [0.5, 0.6) is 5.75 Å². The van der Waals surface area contributed by atoms with E-state index in [0.717, 1.165) is 17.5 Å². The van der Waals surface area contributed by atoms with Gasteiger partial charge < -0.3 is 15.0 Å². The van der Waals surface area contributed by atoms with Gasteiger partial charge >= 0.3 is 0 Å². The van der Waals surface area contributed by atoms with Crippen molar-refractivity contribution < 1.29 is 19.1 Å². The molecule has 1 spiro atoms. The maximum Gasteiger partial charge on any atom is 0.238 e. The van der Waals surface area contributed by atoms with Crippen molar-refractivity contribution in [3.8, 4) is 5.75 Å². The molecule has 0 saturated carbocycles. The van der Waals surface area contributed by atoms with Gasteiger partial charge in [0.2, 0.25) is 5.91 Å². The molecule has 3 heterocycles. The second-order valence-corrected chi connectivity index (χ2v) is 11.6.